The number of anilines is 1. The third-order valence-electron chi connectivity index (χ3n) is 5.41. The molecule has 0 radical (unpaired) electrons. The number of amides is 1. The normalized spacial score (nSPS) is 11.2. The molecule has 0 aliphatic rings. The zero-order valence-corrected chi connectivity index (χ0v) is 22.5. The number of ether oxygens (including phenoxy) is 1. The summed E-state index contributed by atoms with van der Waals surface area (Å²) in [6.07, 6.45) is 1.53. The van der Waals surface area contributed by atoms with Gasteiger partial charge in [-0.1, -0.05) is 54.1 Å². The van der Waals surface area contributed by atoms with Crippen molar-refractivity contribution in [1.29, 1.82) is 5.26 Å². The minimum Gasteiger partial charge on any atom is -0.487 e. The van der Waals surface area contributed by atoms with E-state index in [1.165, 1.54) is 11.5 Å². The standard InChI is InChI=1S/C28H19Br2ClN2O2/c1-17-25(31)7-4-8-26(17)33-28(34)22(15-32)12-19-13-23(29)27(24(30)14-19)35-16-18-9-10-20-5-2-3-6-21(20)11-18/h2-14H,16H2,1H3,(H,33,34)/b22-12+. The van der Waals surface area contributed by atoms with Gasteiger partial charge in [0.25, 0.3) is 5.91 Å². The van der Waals surface area contributed by atoms with Crippen molar-refractivity contribution in [3.63, 3.8) is 0 Å². The highest BCUT2D eigenvalue weighted by atomic mass is 79.9. The van der Waals surface area contributed by atoms with Crippen LogP contribution in [0.5, 0.6) is 5.75 Å². The second-order valence-electron chi connectivity index (χ2n) is 7.82. The van der Waals surface area contributed by atoms with E-state index >= 15 is 0 Å². The Labute approximate surface area is 225 Å². The quantitative estimate of drug-likeness (QED) is 0.176. The van der Waals surface area contributed by atoms with Gasteiger partial charge in [0.15, 0.2) is 0 Å². The average Bonchev–Trinajstić information content (AvgIpc) is 2.84. The molecule has 4 aromatic rings. The molecule has 0 heterocycles. The van der Waals surface area contributed by atoms with Crippen molar-refractivity contribution in [2.75, 3.05) is 5.32 Å². The van der Waals surface area contributed by atoms with Gasteiger partial charge in [-0.2, -0.15) is 5.26 Å². The first-order valence-electron chi connectivity index (χ1n) is 10.6. The maximum atomic E-state index is 12.7. The van der Waals surface area contributed by atoms with E-state index in [1.807, 2.05) is 24.3 Å². The summed E-state index contributed by atoms with van der Waals surface area (Å²) in [6, 6.07) is 25.2. The van der Waals surface area contributed by atoms with Crippen LogP contribution in [0.2, 0.25) is 5.02 Å². The van der Waals surface area contributed by atoms with E-state index in [2.05, 4.69) is 61.4 Å². The van der Waals surface area contributed by atoms with Crippen LogP contribution in [-0.2, 0) is 11.4 Å². The average molecular weight is 611 g/mol. The monoisotopic (exact) mass is 608 g/mol. The first kappa shape index (κ1) is 25.0. The van der Waals surface area contributed by atoms with Gasteiger partial charge in [-0.3, -0.25) is 4.79 Å². The van der Waals surface area contributed by atoms with Crippen LogP contribution in [0.25, 0.3) is 16.8 Å². The lowest BCUT2D eigenvalue weighted by Gasteiger charge is -2.12. The lowest BCUT2D eigenvalue weighted by Crippen LogP contribution is -2.14. The Morgan fingerprint density at radius 2 is 1.74 bits per heavy atom. The molecule has 0 saturated heterocycles. The summed E-state index contributed by atoms with van der Waals surface area (Å²) in [5.41, 5.74) is 2.97. The van der Waals surface area contributed by atoms with Gasteiger partial charge in [0.05, 0.1) is 8.95 Å². The van der Waals surface area contributed by atoms with Gasteiger partial charge in [0.1, 0.15) is 24.0 Å². The minimum absolute atomic E-state index is 0.0343. The molecule has 0 unspecified atom stereocenters. The van der Waals surface area contributed by atoms with Crippen molar-refractivity contribution in [1.82, 2.24) is 0 Å². The minimum atomic E-state index is -0.512. The van der Waals surface area contributed by atoms with Gasteiger partial charge < -0.3 is 10.1 Å². The smallest absolute Gasteiger partial charge is 0.266 e. The summed E-state index contributed by atoms with van der Waals surface area (Å²) in [6.45, 7) is 2.20. The van der Waals surface area contributed by atoms with Crippen LogP contribution >= 0.6 is 43.5 Å². The molecule has 0 bridgehead atoms. The Kier molecular flexibility index (Phi) is 7.92. The summed E-state index contributed by atoms with van der Waals surface area (Å²) < 4.78 is 7.46. The van der Waals surface area contributed by atoms with Crippen molar-refractivity contribution in [3.05, 3.63) is 109 Å². The third kappa shape index (κ3) is 5.94. The predicted octanol–water partition coefficient (Wildman–Crippen LogP) is 8.45. The number of hydrogen-bond acceptors (Lipinski definition) is 3. The Bertz CT molecular complexity index is 1490. The summed E-state index contributed by atoms with van der Waals surface area (Å²) >= 11 is 13.2. The van der Waals surface area contributed by atoms with Gasteiger partial charge in [0, 0.05) is 10.7 Å². The summed E-state index contributed by atoms with van der Waals surface area (Å²) in [5, 5.41) is 15.2. The number of hydrogen-bond donors (Lipinski definition) is 1. The first-order valence-corrected chi connectivity index (χ1v) is 12.6. The zero-order valence-electron chi connectivity index (χ0n) is 18.6. The molecule has 0 aliphatic carbocycles. The molecular weight excluding hydrogens is 592 g/mol. The zero-order chi connectivity index (χ0) is 24.9. The molecule has 35 heavy (non-hydrogen) atoms. The Hall–Kier alpha value is -3.11. The molecule has 4 nitrogen and oxygen atoms in total. The van der Waals surface area contributed by atoms with Crippen molar-refractivity contribution in [2.45, 2.75) is 13.5 Å². The van der Waals surface area contributed by atoms with Crippen molar-refractivity contribution in [2.24, 2.45) is 0 Å². The Morgan fingerprint density at radius 1 is 1.03 bits per heavy atom. The van der Waals surface area contributed by atoms with E-state index in [1.54, 1.807) is 37.3 Å². The lowest BCUT2D eigenvalue weighted by molar-refractivity contribution is -0.112. The summed E-state index contributed by atoms with van der Waals surface area (Å²) in [7, 11) is 0. The fourth-order valence-electron chi connectivity index (χ4n) is 3.53. The molecule has 0 fully saturated rings. The SMILES string of the molecule is Cc1c(Cl)cccc1NC(=O)/C(C#N)=C/c1cc(Br)c(OCc2ccc3ccccc3c2)c(Br)c1. The number of carbonyl (C=O) groups is 1. The molecule has 7 heteroatoms. The van der Waals surface area contributed by atoms with E-state index in [-0.39, 0.29) is 5.57 Å². The Balaban J connectivity index is 1.51. The van der Waals surface area contributed by atoms with Crippen LogP contribution in [0.15, 0.2) is 87.3 Å². The topological polar surface area (TPSA) is 62.1 Å². The molecule has 0 saturated carbocycles. The van der Waals surface area contributed by atoms with E-state index in [4.69, 9.17) is 16.3 Å². The maximum absolute atomic E-state index is 12.7. The van der Waals surface area contributed by atoms with Crippen LogP contribution in [0.4, 0.5) is 5.69 Å². The van der Waals surface area contributed by atoms with Crippen LogP contribution in [0, 0.1) is 18.3 Å². The molecule has 4 aromatic carbocycles. The number of nitriles is 1. The molecule has 1 amide bonds. The summed E-state index contributed by atoms with van der Waals surface area (Å²) in [5.74, 6) is 0.120. The van der Waals surface area contributed by atoms with Crippen molar-refractivity contribution < 1.29 is 9.53 Å². The van der Waals surface area contributed by atoms with Crippen LogP contribution in [-0.4, -0.2) is 5.91 Å². The first-order chi connectivity index (χ1) is 16.9. The van der Waals surface area contributed by atoms with E-state index in [9.17, 15) is 10.1 Å². The second-order valence-corrected chi connectivity index (χ2v) is 9.94. The van der Waals surface area contributed by atoms with Crippen LogP contribution in [0.3, 0.4) is 0 Å². The fourth-order valence-corrected chi connectivity index (χ4v) is 5.16. The van der Waals surface area contributed by atoms with Crippen LogP contribution in [0.1, 0.15) is 16.7 Å². The van der Waals surface area contributed by atoms with Gasteiger partial charge >= 0.3 is 0 Å². The van der Waals surface area contributed by atoms with Gasteiger partial charge in [0.2, 0.25) is 0 Å². The number of nitrogens with zero attached hydrogens (tertiary/aromatic N) is 1. The number of nitrogens with one attached hydrogen (secondary N) is 1. The van der Waals surface area contributed by atoms with Gasteiger partial charge in [-0.25, -0.2) is 0 Å². The van der Waals surface area contributed by atoms with Gasteiger partial charge in [-0.15, -0.1) is 0 Å². The van der Waals surface area contributed by atoms with E-state index in [0.717, 1.165) is 16.5 Å². The highest BCUT2D eigenvalue weighted by molar-refractivity contribution is 9.11. The van der Waals surface area contributed by atoms with E-state index < -0.39 is 5.91 Å². The largest absolute Gasteiger partial charge is 0.487 e. The molecule has 1 N–H and O–H groups in total. The number of fused-ring (bicyclic) bond motifs is 1. The summed E-state index contributed by atoms with van der Waals surface area (Å²) in [4.78, 5) is 12.7. The Morgan fingerprint density at radius 3 is 2.46 bits per heavy atom. The second kappa shape index (κ2) is 11.1. The lowest BCUT2D eigenvalue weighted by atomic mass is 10.1. The molecule has 4 rings (SSSR count). The van der Waals surface area contributed by atoms with Gasteiger partial charge in [-0.05, 0) is 103 Å². The number of carbonyl (C=O) groups excluding carboxylic acids is 1. The highest BCUT2D eigenvalue weighted by Crippen LogP contribution is 2.36. The van der Waals surface area contributed by atoms with Crippen LogP contribution < -0.4 is 10.1 Å². The molecule has 0 spiro atoms. The van der Waals surface area contributed by atoms with Crippen molar-refractivity contribution >= 4 is 71.9 Å². The van der Waals surface area contributed by atoms with Crippen molar-refractivity contribution in [3.8, 4) is 11.8 Å². The number of benzene rings is 4. The molecular formula is C28H19Br2ClN2O2. The highest BCUT2D eigenvalue weighted by Gasteiger charge is 2.14. The molecule has 0 atom stereocenters. The molecule has 174 valence electrons. The predicted molar refractivity (Wildman–Crippen MR) is 149 cm³/mol. The third-order valence-corrected chi connectivity index (χ3v) is 7.00. The molecule has 0 aliphatic heterocycles. The fraction of sp³-hybridized carbons (Fsp3) is 0.0714. The molecule has 0 aromatic heterocycles. The maximum Gasteiger partial charge on any atom is 0.266 e. The number of halogens is 3. The van der Waals surface area contributed by atoms with E-state index in [0.29, 0.717) is 37.6 Å². The number of rotatable bonds is 6.